The van der Waals surface area contributed by atoms with Crippen LogP contribution in [0.3, 0.4) is 0 Å². The maximum absolute atomic E-state index is 13.3. The first-order valence-corrected chi connectivity index (χ1v) is 12.7. The molecule has 2 aliphatic heterocycles. The minimum absolute atomic E-state index is 0.0216. The molecule has 5 heterocycles. The lowest BCUT2D eigenvalue weighted by atomic mass is 10.1. The third-order valence-electron chi connectivity index (χ3n) is 6.69. The quantitative estimate of drug-likeness (QED) is 0.556. The lowest BCUT2D eigenvalue weighted by molar-refractivity contribution is 0.0159. The Labute approximate surface area is 221 Å². The highest BCUT2D eigenvalue weighted by Crippen LogP contribution is 2.35. The smallest absolute Gasteiger partial charge is 0.410 e. The summed E-state index contributed by atoms with van der Waals surface area (Å²) in [7, 11) is 3.35. The van der Waals surface area contributed by atoms with Crippen molar-refractivity contribution in [1.29, 1.82) is 0 Å². The largest absolute Gasteiger partial charge is 0.479 e. The Balaban J connectivity index is 1.31. The fourth-order valence-corrected chi connectivity index (χ4v) is 5.04. The molecule has 2 aliphatic rings. The van der Waals surface area contributed by atoms with Crippen LogP contribution in [0.2, 0.25) is 0 Å². The van der Waals surface area contributed by atoms with Gasteiger partial charge in [0.1, 0.15) is 17.2 Å². The van der Waals surface area contributed by atoms with Gasteiger partial charge in [0.2, 0.25) is 5.88 Å². The molecule has 12 heteroatoms. The van der Waals surface area contributed by atoms with Crippen molar-refractivity contribution in [3.05, 3.63) is 30.1 Å². The molecule has 0 aromatic carbocycles. The molecule has 12 nitrogen and oxygen atoms in total. The van der Waals surface area contributed by atoms with Gasteiger partial charge in [0.15, 0.2) is 5.52 Å². The summed E-state index contributed by atoms with van der Waals surface area (Å²) in [6.07, 6.45) is 3.97. The summed E-state index contributed by atoms with van der Waals surface area (Å²) < 4.78 is 12.6. The molecule has 0 spiro atoms. The van der Waals surface area contributed by atoms with E-state index in [-0.39, 0.29) is 18.2 Å². The fraction of sp³-hybridized carbons (Fsp3) is 0.500. The van der Waals surface area contributed by atoms with E-state index in [1.54, 1.807) is 26.7 Å². The maximum atomic E-state index is 13.3. The number of carbonyl (C=O) groups excluding carboxylic acids is 2. The van der Waals surface area contributed by atoms with Gasteiger partial charge in [-0.3, -0.25) is 14.9 Å². The van der Waals surface area contributed by atoms with Crippen LogP contribution in [0, 0.1) is 0 Å². The van der Waals surface area contributed by atoms with Gasteiger partial charge < -0.3 is 19.3 Å². The predicted molar refractivity (Wildman–Crippen MR) is 144 cm³/mol. The number of ether oxygens (including phenoxy) is 2. The van der Waals surface area contributed by atoms with E-state index in [9.17, 15) is 9.59 Å². The van der Waals surface area contributed by atoms with Crippen LogP contribution in [-0.4, -0.2) is 81.7 Å². The summed E-state index contributed by atoms with van der Waals surface area (Å²) in [5.74, 6) is 1.36. The molecule has 0 aliphatic carbocycles. The van der Waals surface area contributed by atoms with Crippen molar-refractivity contribution < 1.29 is 19.1 Å². The molecule has 0 unspecified atom stereocenters. The van der Waals surface area contributed by atoms with Crippen molar-refractivity contribution in [2.75, 3.05) is 48.4 Å². The molecule has 3 aromatic heterocycles. The van der Waals surface area contributed by atoms with E-state index in [4.69, 9.17) is 9.47 Å². The predicted octanol–water partition coefficient (Wildman–Crippen LogP) is 3.41. The highest BCUT2D eigenvalue weighted by Gasteiger charge is 2.34. The molecule has 1 N–H and O–H groups in total. The number of anilines is 3. The Morgan fingerprint density at radius 1 is 1.18 bits per heavy atom. The molecular weight excluding hydrogens is 488 g/mol. The van der Waals surface area contributed by atoms with Crippen LogP contribution < -0.4 is 19.9 Å². The standard InChI is InChI=1S/C26H34N8O4/c1-16-14-32(11-12-33(16)25(36)38-26(2,3)4)19-7-9-27-22-18(19)8-10-34(22)24(35)29-20-13-17-15-31(5)30-21(17)23(28-20)37-6/h7,9,13,15-16H,8,10-12,14H2,1-6H3,(H,29,35)/t16-/m0/s1. The summed E-state index contributed by atoms with van der Waals surface area (Å²) in [5, 5.41) is 8.07. The molecular formula is C26H34N8O4. The minimum Gasteiger partial charge on any atom is -0.479 e. The van der Waals surface area contributed by atoms with E-state index in [1.165, 1.54) is 7.11 Å². The number of aromatic nitrogens is 4. The van der Waals surface area contributed by atoms with Crippen LogP contribution in [-0.2, 0) is 18.2 Å². The third-order valence-corrected chi connectivity index (χ3v) is 6.69. The van der Waals surface area contributed by atoms with Gasteiger partial charge >= 0.3 is 12.1 Å². The molecule has 38 heavy (non-hydrogen) atoms. The number of rotatable bonds is 3. The third kappa shape index (κ3) is 4.90. The number of hydrogen-bond acceptors (Lipinski definition) is 8. The number of hydrogen-bond donors (Lipinski definition) is 1. The second-order valence-corrected chi connectivity index (χ2v) is 10.7. The van der Waals surface area contributed by atoms with Gasteiger partial charge in [-0.25, -0.2) is 14.6 Å². The van der Waals surface area contributed by atoms with Gasteiger partial charge in [-0.2, -0.15) is 10.1 Å². The number of fused-ring (bicyclic) bond motifs is 2. The Bertz CT molecular complexity index is 1380. The van der Waals surface area contributed by atoms with Crippen LogP contribution in [0.5, 0.6) is 5.88 Å². The SMILES string of the molecule is COc1nc(NC(=O)N2CCc3c(N4CCN(C(=O)OC(C)(C)C)[C@@H](C)C4)ccnc32)cc2cn(C)nc12. The highest BCUT2D eigenvalue weighted by atomic mass is 16.6. The first-order chi connectivity index (χ1) is 18.0. The number of piperazine rings is 1. The van der Waals surface area contributed by atoms with Crippen LogP contribution in [0.1, 0.15) is 33.3 Å². The highest BCUT2D eigenvalue weighted by molar-refractivity contribution is 6.03. The van der Waals surface area contributed by atoms with Crippen molar-refractivity contribution in [2.24, 2.45) is 7.05 Å². The molecule has 202 valence electrons. The van der Waals surface area contributed by atoms with E-state index in [0.717, 1.165) is 16.6 Å². The molecule has 3 aromatic rings. The first-order valence-electron chi connectivity index (χ1n) is 12.7. The normalized spacial score (nSPS) is 17.5. The van der Waals surface area contributed by atoms with E-state index in [2.05, 4.69) is 25.3 Å². The zero-order valence-electron chi connectivity index (χ0n) is 22.7. The van der Waals surface area contributed by atoms with Crippen molar-refractivity contribution in [3.8, 4) is 5.88 Å². The van der Waals surface area contributed by atoms with Crippen LogP contribution in [0.15, 0.2) is 24.5 Å². The summed E-state index contributed by atoms with van der Waals surface area (Å²) in [4.78, 5) is 40.6. The summed E-state index contributed by atoms with van der Waals surface area (Å²) in [5.41, 5.74) is 2.16. The second kappa shape index (κ2) is 9.66. The zero-order valence-corrected chi connectivity index (χ0v) is 22.7. The number of nitrogens with one attached hydrogen (secondary N) is 1. The molecule has 0 radical (unpaired) electrons. The van der Waals surface area contributed by atoms with Crippen LogP contribution in [0.25, 0.3) is 10.9 Å². The van der Waals surface area contributed by atoms with Crippen molar-refractivity contribution in [3.63, 3.8) is 0 Å². The zero-order chi connectivity index (χ0) is 27.2. The number of methoxy groups -OCH3 is 1. The Morgan fingerprint density at radius 2 is 1.97 bits per heavy atom. The Morgan fingerprint density at radius 3 is 2.68 bits per heavy atom. The molecule has 0 bridgehead atoms. The van der Waals surface area contributed by atoms with E-state index < -0.39 is 5.60 Å². The number of pyridine rings is 2. The summed E-state index contributed by atoms with van der Waals surface area (Å²) in [6.45, 7) is 10.0. The molecule has 1 atom stereocenters. The van der Waals surface area contributed by atoms with Crippen molar-refractivity contribution in [1.82, 2.24) is 24.6 Å². The van der Waals surface area contributed by atoms with Crippen molar-refractivity contribution in [2.45, 2.75) is 45.8 Å². The first kappa shape index (κ1) is 25.6. The van der Waals surface area contributed by atoms with Crippen molar-refractivity contribution >= 4 is 40.4 Å². The summed E-state index contributed by atoms with van der Waals surface area (Å²) >= 11 is 0. The van der Waals surface area contributed by atoms with E-state index in [1.807, 2.05) is 47.0 Å². The average molecular weight is 523 g/mol. The molecule has 1 fully saturated rings. The number of aryl methyl sites for hydroxylation is 1. The Hall–Kier alpha value is -4.09. The van der Waals surface area contributed by atoms with Gasteiger partial charge in [-0.1, -0.05) is 0 Å². The van der Waals surface area contributed by atoms with Gasteiger partial charge in [0, 0.05) is 68.3 Å². The van der Waals surface area contributed by atoms with Gasteiger partial charge in [-0.15, -0.1) is 0 Å². The topological polar surface area (TPSA) is 118 Å². The number of nitrogens with zero attached hydrogens (tertiary/aromatic N) is 7. The minimum atomic E-state index is -0.533. The Kier molecular flexibility index (Phi) is 6.49. The lowest BCUT2D eigenvalue weighted by Crippen LogP contribution is -2.55. The maximum Gasteiger partial charge on any atom is 0.410 e. The van der Waals surface area contributed by atoms with Gasteiger partial charge in [0.25, 0.3) is 0 Å². The fourth-order valence-electron chi connectivity index (χ4n) is 5.04. The average Bonchev–Trinajstić information content (AvgIpc) is 3.45. The molecule has 5 rings (SSSR count). The summed E-state index contributed by atoms with van der Waals surface area (Å²) in [6, 6.07) is 3.43. The number of amides is 3. The monoisotopic (exact) mass is 522 g/mol. The van der Waals surface area contributed by atoms with E-state index in [0.29, 0.717) is 55.6 Å². The second-order valence-electron chi connectivity index (χ2n) is 10.7. The lowest BCUT2D eigenvalue weighted by Gasteiger charge is -2.41. The van der Waals surface area contributed by atoms with E-state index >= 15 is 0 Å². The molecule has 0 saturated carbocycles. The van der Waals surface area contributed by atoms with Gasteiger partial charge in [0.05, 0.1) is 7.11 Å². The molecule has 3 amide bonds. The van der Waals surface area contributed by atoms with Gasteiger partial charge in [-0.05, 0) is 46.2 Å². The number of carbonyl (C=O) groups is 2. The number of urea groups is 1. The van der Waals surface area contributed by atoms with Crippen LogP contribution >= 0.6 is 0 Å². The molecule has 1 saturated heterocycles. The van der Waals surface area contributed by atoms with Crippen LogP contribution in [0.4, 0.5) is 26.9 Å².